The van der Waals surface area contributed by atoms with Crippen LogP contribution in [0.1, 0.15) is 17.2 Å². The Morgan fingerprint density at radius 1 is 0.941 bits per heavy atom. The quantitative estimate of drug-likeness (QED) is 0.897. The molecule has 0 spiro atoms. The summed E-state index contributed by atoms with van der Waals surface area (Å²) in [5.74, 6) is -0.877. The van der Waals surface area contributed by atoms with Gasteiger partial charge in [0.25, 0.3) is 0 Å². The first-order chi connectivity index (χ1) is 8.09. The van der Waals surface area contributed by atoms with E-state index in [1.165, 1.54) is 12.1 Å². The van der Waals surface area contributed by atoms with Crippen LogP contribution in [0.3, 0.4) is 0 Å². The van der Waals surface area contributed by atoms with Gasteiger partial charge in [0.1, 0.15) is 11.6 Å². The maximum absolute atomic E-state index is 13.7. The Kier molecular flexibility index (Phi) is 3.54. The largest absolute Gasteiger partial charge is 0.320 e. The molecule has 0 radical (unpaired) electrons. The molecular formula is C13H10BrF2N. The van der Waals surface area contributed by atoms with Gasteiger partial charge in [-0.3, -0.25) is 0 Å². The summed E-state index contributed by atoms with van der Waals surface area (Å²) in [4.78, 5) is 0. The Morgan fingerprint density at radius 3 is 2.24 bits per heavy atom. The molecule has 17 heavy (non-hydrogen) atoms. The van der Waals surface area contributed by atoms with Gasteiger partial charge < -0.3 is 5.73 Å². The molecule has 2 aromatic carbocycles. The van der Waals surface area contributed by atoms with Crippen molar-refractivity contribution in [2.75, 3.05) is 0 Å². The highest BCUT2D eigenvalue weighted by molar-refractivity contribution is 9.10. The minimum Gasteiger partial charge on any atom is -0.320 e. The third kappa shape index (κ3) is 2.53. The Hall–Kier alpha value is -1.26. The van der Waals surface area contributed by atoms with Crippen LogP contribution in [0.25, 0.3) is 0 Å². The van der Waals surface area contributed by atoms with E-state index in [0.29, 0.717) is 4.47 Å². The minimum atomic E-state index is -0.802. The maximum Gasteiger partial charge on any atom is 0.129 e. The topological polar surface area (TPSA) is 26.0 Å². The maximum atomic E-state index is 13.7. The van der Waals surface area contributed by atoms with Crippen LogP contribution in [0.4, 0.5) is 8.78 Å². The Bertz CT molecular complexity index is 543. The van der Waals surface area contributed by atoms with Crippen molar-refractivity contribution < 1.29 is 8.78 Å². The molecule has 2 aromatic rings. The summed E-state index contributed by atoms with van der Waals surface area (Å²) in [6, 6.07) is 9.86. The predicted octanol–water partition coefficient (Wildman–Crippen LogP) is 3.78. The monoisotopic (exact) mass is 297 g/mol. The average Bonchev–Trinajstić information content (AvgIpc) is 2.29. The van der Waals surface area contributed by atoms with E-state index in [0.717, 1.165) is 0 Å². The first-order valence-electron chi connectivity index (χ1n) is 5.04. The lowest BCUT2D eigenvalue weighted by Crippen LogP contribution is -2.15. The van der Waals surface area contributed by atoms with Crippen molar-refractivity contribution in [1.29, 1.82) is 0 Å². The third-order valence-electron chi connectivity index (χ3n) is 2.54. The zero-order valence-corrected chi connectivity index (χ0v) is 10.4. The van der Waals surface area contributed by atoms with Crippen molar-refractivity contribution in [3.8, 4) is 0 Å². The van der Waals surface area contributed by atoms with Gasteiger partial charge in [-0.05, 0) is 18.2 Å². The van der Waals surface area contributed by atoms with Crippen LogP contribution < -0.4 is 5.73 Å². The van der Waals surface area contributed by atoms with Crippen molar-refractivity contribution in [2.24, 2.45) is 5.73 Å². The van der Waals surface area contributed by atoms with E-state index in [2.05, 4.69) is 15.9 Å². The molecule has 88 valence electrons. The lowest BCUT2D eigenvalue weighted by molar-refractivity contribution is 0.575. The van der Waals surface area contributed by atoms with Crippen molar-refractivity contribution in [3.63, 3.8) is 0 Å². The van der Waals surface area contributed by atoms with Gasteiger partial charge >= 0.3 is 0 Å². The second-order valence-corrected chi connectivity index (χ2v) is 4.58. The SMILES string of the molecule is NC(c1ccccc1F)c1ccc(Br)cc1F. The molecule has 0 bridgehead atoms. The summed E-state index contributed by atoms with van der Waals surface area (Å²) in [6.45, 7) is 0. The molecule has 0 saturated heterocycles. The molecule has 0 aliphatic carbocycles. The molecule has 0 aliphatic rings. The zero-order valence-electron chi connectivity index (χ0n) is 8.83. The second kappa shape index (κ2) is 4.94. The fourth-order valence-corrected chi connectivity index (χ4v) is 1.98. The van der Waals surface area contributed by atoms with Gasteiger partial charge in [0.05, 0.1) is 6.04 Å². The van der Waals surface area contributed by atoms with E-state index in [1.807, 2.05) is 0 Å². The Balaban J connectivity index is 2.44. The highest BCUT2D eigenvalue weighted by atomic mass is 79.9. The van der Waals surface area contributed by atoms with Gasteiger partial charge in [-0.25, -0.2) is 8.78 Å². The first-order valence-corrected chi connectivity index (χ1v) is 5.84. The summed E-state index contributed by atoms with van der Waals surface area (Å²) in [6.07, 6.45) is 0. The fraction of sp³-hybridized carbons (Fsp3) is 0.0769. The number of benzene rings is 2. The Labute approximate surface area is 106 Å². The van der Waals surface area contributed by atoms with Crippen LogP contribution in [0, 0.1) is 11.6 Å². The van der Waals surface area contributed by atoms with E-state index < -0.39 is 17.7 Å². The molecule has 0 aliphatic heterocycles. The molecule has 1 unspecified atom stereocenters. The summed E-state index contributed by atoms with van der Waals surface area (Å²) in [7, 11) is 0. The number of nitrogens with two attached hydrogens (primary N) is 1. The van der Waals surface area contributed by atoms with Crippen LogP contribution in [-0.4, -0.2) is 0 Å². The van der Waals surface area contributed by atoms with Crippen molar-refractivity contribution in [3.05, 3.63) is 69.7 Å². The van der Waals surface area contributed by atoms with Crippen LogP contribution >= 0.6 is 15.9 Å². The summed E-state index contributed by atoms with van der Waals surface area (Å²) < 4.78 is 27.8. The molecule has 0 amide bonds. The molecule has 4 heteroatoms. The molecule has 0 saturated carbocycles. The van der Waals surface area contributed by atoms with E-state index in [1.54, 1.807) is 30.3 Å². The highest BCUT2D eigenvalue weighted by Gasteiger charge is 2.16. The number of rotatable bonds is 2. The van der Waals surface area contributed by atoms with Gasteiger partial charge in [0, 0.05) is 15.6 Å². The summed E-state index contributed by atoms with van der Waals surface area (Å²) in [5.41, 5.74) is 6.43. The minimum absolute atomic E-state index is 0.276. The Morgan fingerprint density at radius 2 is 1.59 bits per heavy atom. The third-order valence-corrected chi connectivity index (χ3v) is 3.03. The van der Waals surface area contributed by atoms with Crippen LogP contribution in [-0.2, 0) is 0 Å². The normalized spacial score (nSPS) is 12.5. The molecule has 0 heterocycles. The van der Waals surface area contributed by atoms with E-state index >= 15 is 0 Å². The molecule has 0 aromatic heterocycles. The van der Waals surface area contributed by atoms with Crippen LogP contribution in [0.2, 0.25) is 0 Å². The molecule has 1 atom stereocenters. The van der Waals surface area contributed by atoms with E-state index in [9.17, 15) is 8.78 Å². The van der Waals surface area contributed by atoms with E-state index in [-0.39, 0.29) is 11.1 Å². The number of halogens is 3. The highest BCUT2D eigenvalue weighted by Crippen LogP contribution is 2.26. The standard InChI is InChI=1S/C13H10BrF2N/c14-8-5-6-10(12(16)7-8)13(17)9-3-1-2-4-11(9)15/h1-7,13H,17H2. The van der Waals surface area contributed by atoms with Gasteiger partial charge in [0.15, 0.2) is 0 Å². The summed E-state index contributed by atoms with van der Waals surface area (Å²) >= 11 is 3.16. The van der Waals surface area contributed by atoms with Crippen LogP contribution in [0.15, 0.2) is 46.9 Å². The average molecular weight is 298 g/mol. The molecule has 1 nitrogen and oxygen atoms in total. The number of hydrogen-bond acceptors (Lipinski definition) is 1. The van der Waals surface area contributed by atoms with Crippen molar-refractivity contribution in [2.45, 2.75) is 6.04 Å². The summed E-state index contributed by atoms with van der Waals surface area (Å²) in [5, 5.41) is 0. The lowest BCUT2D eigenvalue weighted by atomic mass is 9.99. The van der Waals surface area contributed by atoms with Crippen molar-refractivity contribution in [1.82, 2.24) is 0 Å². The smallest absolute Gasteiger partial charge is 0.129 e. The molecule has 2 rings (SSSR count). The molecular weight excluding hydrogens is 288 g/mol. The van der Waals surface area contributed by atoms with Gasteiger partial charge in [0.2, 0.25) is 0 Å². The molecule has 2 N–H and O–H groups in total. The van der Waals surface area contributed by atoms with Gasteiger partial charge in [-0.2, -0.15) is 0 Å². The predicted molar refractivity (Wildman–Crippen MR) is 66.5 cm³/mol. The van der Waals surface area contributed by atoms with Gasteiger partial charge in [-0.1, -0.05) is 40.2 Å². The lowest BCUT2D eigenvalue weighted by Gasteiger charge is -2.14. The number of hydrogen-bond donors (Lipinski definition) is 1. The zero-order chi connectivity index (χ0) is 12.4. The van der Waals surface area contributed by atoms with Crippen molar-refractivity contribution >= 4 is 15.9 Å². The molecule has 0 fully saturated rings. The first kappa shape index (κ1) is 12.2. The van der Waals surface area contributed by atoms with Crippen LogP contribution in [0.5, 0.6) is 0 Å². The van der Waals surface area contributed by atoms with Gasteiger partial charge in [-0.15, -0.1) is 0 Å². The van der Waals surface area contributed by atoms with E-state index in [4.69, 9.17) is 5.73 Å². The second-order valence-electron chi connectivity index (χ2n) is 3.67. The fourth-order valence-electron chi connectivity index (χ4n) is 1.65.